The van der Waals surface area contributed by atoms with E-state index in [4.69, 9.17) is 4.74 Å². The van der Waals surface area contributed by atoms with Crippen molar-refractivity contribution in [2.75, 3.05) is 43.1 Å². The lowest BCUT2D eigenvalue weighted by molar-refractivity contribution is 0.414. The monoisotopic (exact) mass is 318 g/mol. The molecule has 22 heavy (non-hydrogen) atoms. The van der Waals surface area contributed by atoms with E-state index in [0.29, 0.717) is 5.92 Å². The average molecular weight is 318 g/mol. The molecule has 2 aromatic rings. The largest absolute Gasteiger partial charge is 0.497 e. The van der Waals surface area contributed by atoms with E-state index in [2.05, 4.69) is 45.1 Å². The van der Waals surface area contributed by atoms with Gasteiger partial charge in [0.1, 0.15) is 11.6 Å². The minimum absolute atomic E-state index is 0.392. The van der Waals surface area contributed by atoms with Crippen LogP contribution in [-0.4, -0.2) is 42.6 Å². The fourth-order valence-corrected chi connectivity index (χ4v) is 3.41. The Morgan fingerprint density at radius 1 is 1.14 bits per heavy atom. The van der Waals surface area contributed by atoms with Gasteiger partial charge in [-0.2, -0.15) is 4.37 Å². The molecule has 0 unspecified atom stereocenters. The summed E-state index contributed by atoms with van der Waals surface area (Å²) >= 11 is 1.51. The SMILES string of the molecule is COc1cccc(N2CCN(c3nc(C(C)C)ns3)CC2)c1. The Bertz CT molecular complexity index is 620. The van der Waals surface area contributed by atoms with Gasteiger partial charge in [0.25, 0.3) is 0 Å². The molecule has 0 aliphatic carbocycles. The predicted molar refractivity (Wildman–Crippen MR) is 91.4 cm³/mol. The highest BCUT2D eigenvalue weighted by molar-refractivity contribution is 7.09. The molecule has 1 saturated heterocycles. The number of anilines is 2. The maximum absolute atomic E-state index is 5.31. The molecule has 1 aromatic carbocycles. The molecule has 0 saturated carbocycles. The van der Waals surface area contributed by atoms with Crippen molar-refractivity contribution >= 4 is 22.4 Å². The van der Waals surface area contributed by atoms with Crippen LogP contribution in [0.3, 0.4) is 0 Å². The number of hydrogen-bond donors (Lipinski definition) is 0. The molecule has 1 aliphatic heterocycles. The third-order valence-corrected chi connectivity index (χ3v) is 4.71. The molecule has 0 bridgehead atoms. The smallest absolute Gasteiger partial charge is 0.205 e. The zero-order valence-corrected chi connectivity index (χ0v) is 14.1. The molecule has 3 rings (SSSR count). The molecule has 0 N–H and O–H groups in total. The minimum Gasteiger partial charge on any atom is -0.497 e. The lowest BCUT2D eigenvalue weighted by Gasteiger charge is -2.35. The van der Waals surface area contributed by atoms with Crippen LogP contribution in [0.5, 0.6) is 5.75 Å². The van der Waals surface area contributed by atoms with Gasteiger partial charge in [-0.25, -0.2) is 4.98 Å². The van der Waals surface area contributed by atoms with Crippen LogP contribution in [0, 0.1) is 0 Å². The lowest BCUT2D eigenvalue weighted by Crippen LogP contribution is -2.46. The Labute approximate surface area is 135 Å². The van der Waals surface area contributed by atoms with Gasteiger partial charge in [0, 0.05) is 55.4 Å². The predicted octanol–water partition coefficient (Wildman–Crippen LogP) is 3.00. The van der Waals surface area contributed by atoms with Crippen molar-refractivity contribution < 1.29 is 4.74 Å². The summed E-state index contributed by atoms with van der Waals surface area (Å²) in [4.78, 5) is 9.38. The molecule has 2 heterocycles. The molecule has 0 radical (unpaired) electrons. The number of rotatable bonds is 4. The molecule has 1 aliphatic rings. The number of aromatic nitrogens is 2. The Morgan fingerprint density at radius 3 is 2.50 bits per heavy atom. The summed E-state index contributed by atoms with van der Waals surface area (Å²) in [6.45, 7) is 8.19. The summed E-state index contributed by atoms with van der Waals surface area (Å²) in [7, 11) is 1.71. The maximum Gasteiger partial charge on any atom is 0.205 e. The molecular weight excluding hydrogens is 296 g/mol. The van der Waals surface area contributed by atoms with E-state index in [0.717, 1.165) is 42.9 Å². The van der Waals surface area contributed by atoms with Crippen molar-refractivity contribution in [3.8, 4) is 5.75 Å². The first-order chi connectivity index (χ1) is 10.7. The highest BCUT2D eigenvalue weighted by Crippen LogP contribution is 2.25. The molecule has 1 aromatic heterocycles. The highest BCUT2D eigenvalue weighted by atomic mass is 32.1. The van der Waals surface area contributed by atoms with Gasteiger partial charge in [0.15, 0.2) is 0 Å². The summed E-state index contributed by atoms with van der Waals surface area (Å²) < 4.78 is 9.76. The third-order valence-electron chi connectivity index (χ3n) is 3.92. The highest BCUT2D eigenvalue weighted by Gasteiger charge is 2.21. The number of hydrogen-bond acceptors (Lipinski definition) is 6. The first-order valence-corrected chi connectivity index (χ1v) is 8.42. The zero-order valence-electron chi connectivity index (χ0n) is 13.3. The Hall–Kier alpha value is -1.82. The van der Waals surface area contributed by atoms with E-state index < -0.39 is 0 Å². The van der Waals surface area contributed by atoms with Gasteiger partial charge in [0.05, 0.1) is 7.11 Å². The van der Waals surface area contributed by atoms with E-state index in [-0.39, 0.29) is 0 Å². The van der Waals surface area contributed by atoms with Gasteiger partial charge in [0.2, 0.25) is 5.13 Å². The van der Waals surface area contributed by atoms with Crippen LogP contribution in [0.15, 0.2) is 24.3 Å². The van der Waals surface area contributed by atoms with Crippen molar-refractivity contribution in [2.45, 2.75) is 19.8 Å². The molecule has 0 spiro atoms. The summed E-state index contributed by atoms with van der Waals surface area (Å²) in [5.41, 5.74) is 1.22. The van der Waals surface area contributed by atoms with Gasteiger partial charge in [-0.05, 0) is 12.1 Å². The summed E-state index contributed by atoms with van der Waals surface area (Å²) in [5.74, 6) is 2.25. The molecule has 118 valence electrons. The number of benzene rings is 1. The summed E-state index contributed by atoms with van der Waals surface area (Å²) in [6, 6.07) is 8.26. The Kier molecular flexibility index (Phi) is 4.47. The second kappa shape index (κ2) is 6.52. The zero-order chi connectivity index (χ0) is 15.5. The quantitative estimate of drug-likeness (QED) is 0.867. The van der Waals surface area contributed by atoms with Gasteiger partial charge in [-0.15, -0.1) is 0 Å². The number of ether oxygens (including phenoxy) is 1. The third kappa shape index (κ3) is 3.16. The molecular formula is C16H22N4OS. The van der Waals surface area contributed by atoms with E-state index >= 15 is 0 Å². The maximum atomic E-state index is 5.31. The van der Waals surface area contributed by atoms with Crippen molar-refractivity contribution in [2.24, 2.45) is 0 Å². The summed E-state index contributed by atoms with van der Waals surface area (Å²) in [5, 5.41) is 1.05. The van der Waals surface area contributed by atoms with Crippen molar-refractivity contribution in [1.29, 1.82) is 0 Å². The number of piperazine rings is 1. The van der Waals surface area contributed by atoms with Crippen LogP contribution in [0.1, 0.15) is 25.6 Å². The standard InChI is InChI=1S/C16H22N4OS/c1-12(2)15-17-16(22-18-15)20-9-7-19(8-10-20)13-5-4-6-14(11-13)21-3/h4-6,11-12H,7-10H2,1-3H3. The van der Waals surface area contributed by atoms with Gasteiger partial charge in [-0.3, -0.25) is 0 Å². The van der Waals surface area contributed by atoms with Crippen LogP contribution in [0.25, 0.3) is 0 Å². The van der Waals surface area contributed by atoms with Crippen LogP contribution in [-0.2, 0) is 0 Å². The molecule has 0 amide bonds. The molecule has 6 heteroatoms. The number of methoxy groups -OCH3 is 1. The van der Waals surface area contributed by atoms with Gasteiger partial charge >= 0.3 is 0 Å². The van der Waals surface area contributed by atoms with Crippen molar-refractivity contribution in [3.05, 3.63) is 30.1 Å². The Balaban J connectivity index is 1.64. The van der Waals surface area contributed by atoms with E-state index in [1.165, 1.54) is 17.2 Å². The summed E-state index contributed by atoms with van der Waals surface area (Å²) in [6.07, 6.45) is 0. The second-order valence-corrected chi connectivity index (χ2v) is 6.50. The van der Waals surface area contributed by atoms with E-state index in [1.807, 2.05) is 12.1 Å². The van der Waals surface area contributed by atoms with Crippen LogP contribution >= 0.6 is 11.5 Å². The number of nitrogens with zero attached hydrogens (tertiary/aromatic N) is 4. The average Bonchev–Trinajstić information content (AvgIpc) is 3.05. The Morgan fingerprint density at radius 2 is 1.86 bits per heavy atom. The van der Waals surface area contributed by atoms with Crippen LogP contribution < -0.4 is 14.5 Å². The second-order valence-electron chi connectivity index (χ2n) is 5.77. The topological polar surface area (TPSA) is 41.5 Å². The molecule has 0 atom stereocenters. The molecule has 5 nitrogen and oxygen atoms in total. The molecule has 1 fully saturated rings. The normalized spacial score (nSPS) is 15.5. The van der Waals surface area contributed by atoms with Crippen LogP contribution in [0.2, 0.25) is 0 Å². The van der Waals surface area contributed by atoms with Crippen LogP contribution in [0.4, 0.5) is 10.8 Å². The van der Waals surface area contributed by atoms with Gasteiger partial charge in [-0.1, -0.05) is 19.9 Å². The fraction of sp³-hybridized carbons (Fsp3) is 0.500. The van der Waals surface area contributed by atoms with Crippen molar-refractivity contribution in [3.63, 3.8) is 0 Å². The lowest BCUT2D eigenvalue weighted by atomic mass is 10.2. The van der Waals surface area contributed by atoms with Crippen molar-refractivity contribution in [1.82, 2.24) is 9.36 Å². The van der Waals surface area contributed by atoms with Gasteiger partial charge < -0.3 is 14.5 Å². The first-order valence-electron chi connectivity index (χ1n) is 7.65. The first kappa shape index (κ1) is 15.1. The fourth-order valence-electron chi connectivity index (χ4n) is 2.55. The van der Waals surface area contributed by atoms with E-state index in [9.17, 15) is 0 Å². The van der Waals surface area contributed by atoms with E-state index in [1.54, 1.807) is 7.11 Å². The minimum atomic E-state index is 0.392.